The monoisotopic (exact) mass is 333 g/mol. The highest BCUT2D eigenvalue weighted by atomic mass is 16.2. The molecule has 1 aromatic heterocycles. The van der Waals surface area contributed by atoms with Crippen molar-refractivity contribution < 1.29 is 9.59 Å². The largest absolute Gasteiger partial charge is 0.349 e. The number of nitrogens with one attached hydrogen (secondary N) is 2. The summed E-state index contributed by atoms with van der Waals surface area (Å²) in [5.74, 6) is -0.329. The smallest absolute Gasteiger partial charge is 0.226 e. The summed E-state index contributed by atoms with van der Waals surface area (Å²) in [6.45, 7) is 1.45. The van der Waals surface area contributed by atoms with E-state index in [2.05, 4.69) is 15.6 Å². The Morgan fingerprint density at radius 3 is 2.60 bits per heavy atom. The molecule has 2 amide bonds. The lowest BCUT2D eigenvalue weighted by atomic mass is 10.0. The van der Waals surface area contributed by atoms with Crippen LogP contribution in [-0.4, -0.2) is 16.8 Å². The van der Waals surface area contributed by atoms with E-state index in [9.17, 15) is 9.59 Å². The molecule has 2 N–H and O–H groups in total. The quantitative estimate of drug-likeness (QED) is 0.751. The molecule has 0 radical (unpaired) electrons. The Morgan fingerprint density at radius 1 is 1.04 bits per heavy atom. The first kappa shape index (κ1) is 16.6. The SMILES string of the molecule is CC(=O)N[C@@H](CC(=O)Nc1cccc2cnccc12)c1ccccc1. The second kappa shape index (κ2) is 7.57. The van der Waals surface area contributed by atoms with Crippen molar-refractivity contribution in [2.75, 3.05) is 5.32 Å². The molecule has 1 atom stereocenters. The standard InChI is InChI=1S/C20H19N3O2/c1-14(24)22-19(15-6-3-2-4-7-15)12-20(25)23-18-9-5-8-16-13-21-11-10-17(16)18/h2-11,13,19H,12H2,1H3,(H,22,24)(H,23,25)/t19-/m0/s1. The van der Waals surface area contributed by atoms with E-state index in [0.717, 1.165) is 22.0 Å². The zero-order chi connectivity index (χ0) is 17.6. The van der Waals surface area contributed by atoms with Crippen LogP contribution in [0, 0.1) is 0 Å². The van der Waals surface area contributed by atoms with Gasteiger partial charge in [0.25, 0.3) is 0 Å². The first-order valence-corrected chi connectivity index (χ1v) is 8.08. The third-order valence-electron chi connectivity index (χ3n) is 3.92. The number of rotatable bonds is 5. The van der Waals surface area contributed by atoms with Gasteiger partial charge in [0.1, 0.15) is 0 Å². The van der Waals surface area contributed by atoms with Gasteiger partial charge in [0.2, 0.25) is 11.8 Å². The number of carbonyl (C=O) groups is 2. The van der Waals surface area contributed by atoms with E-state index in [1.54, 1.807) is 12.4 Å². The van der Waals surface area contributed by atoms with Crippen LogP contribution in [0.1, 0.15) is 24.9 Å². The lowest BCUT2D eigenvalue weighted by Crippen LogP contribution is -2.29. The van der Waals surface area contributed by atoms with E-state index in [-0.39, 0.29) is 24.3 Å². The second-order valence-corrected chi connectivity index (χ2v) is 5.82. The predicted molar refractivity (Wildman–Crippen MR) is 98.0 cm³/mol. The summed E-state index contributed by atoms with van der Waals surface area (Å²) in [5.41, 5.74) is 1.63. The third-order valence-corrected chi connectivity index (χ3v) is 3.92. The van der Waals surface area contributed by atoms with Crippen molar-refractivity contribution in [1.29, 1.82) is 0 Å². The maximum atomic E-state index is 12.5. The van der Waals surface area contributed by atoms with E-state index < -0.39 is 0 Å². The van der Waals surface area contributed by atoms with Crippen LogP contribution in [0.2, 0.25) is 0 Å². The fourth-order valence-corrected chi connectivity index (χ4v) is 2.80. The number of anilines is 1. The minimum Gasteiger partial charge on any atom is -0.349 e. The lowest BCUT2D eigenvalue weighted by Gasteiger charge is -2.18. The Morgan fingerprint density at radius 2 is 1.84 bits per heavy atom. The number of amides is 2. The Bertz CT molecular complexity index is 888. The average molecular weight is 333 g/mol. The molecule has 126 valence electrons. The molecular weight excluding hydrogens is 314 g/mol. The third kappa shape index (κ3) is 4.20. The first-order valence-electron chi connectivity index (χ1n) is 8.08. The molecule has 0 spiro atoms. The average Bonchev–Trinajstić information content (AvgIpc) is 2.62. The normalized spacial score (nSPS) is 11.7. The first-order chi connectivity index (χ1) is 12.1. The van der Waals surface area contributed by atoms with E-state index in [0.29, 0.717) is 0 Å². The van der Waals surface area contributed by atoms with Gasteiger partial charge in [0.15, 0.2) is 0 Å². The van der Waals surface area contributed by atoms with Gasteiger partial charge in [0, 0.05) is 35.8 Å². The fraction of sp³-hybridized carbons (Fsp3) is 0.150. The molecule has 3 rings (SSSR count). The van der Waals surface area contributed by atoms with Crippen LogP contribution < -0.4 is 10.6 Å². The van der Waals surface area contributed by atoms with Gasteiger partial charge in [0.05, 0.1) is 12.5 Å². The Labute approximate surface area is 146 Å². The molecule has 1 heterocycles. The Kier molecular flexibility index (Phi) is 5.04. The van der Waals surface area contributed by atoms with Gasteiger partial charge in [-0.05, 0) is 17.7 Å². The summed E-state index contributed by atoms with van der Waals surface area (Å²) in [6, 6.07) is 16.7. The zero-order valence-electron chi connectivity index (χ0n) is 13.9. The van der Waals surface area contributed by atoms with Crippen LogP contribution in [0.25, 0.3) is 10.8 Å². The highest BCUT2D eigenvalue weighted by molar-refractivity contribution is 6.02. The summed E-state index contributed by atoms with van der Waals surface area (Å²) in [5, 5.41) is 7.67. The van der Waals surface area contributed by atoms with Crippen LogP contribution in [0.5, 0.6) is 0 Å². The summed E-state index contributed by atoms with van der Waals surface area (Å²) >= 11 is 0. The van der Waals surface area contributed by atoms with Crippen molar-refractivity contribution in [2.24, 2.45) is 0 Å². The second-order valence-electron chi connectivity index (χ2n) is 5.82. The number of benzene rings is 2. The van der Waals surface area contributed by atoms with Crippen LogP contribution in [-0.2, 0) is 9.59 Å². The van der Waals surface area contributed by atoms with Crippen LogP contribution in [0.15, 0.2) is 67.0 Å². The minimum atomic E-state index is -0.365. The minimum absolute atomic E-state index is 0.158. The predicted octanol–water partition coefficient (Wildman–Crippen LogP) is 3.44. The number of carbonyl (C=O) groups excluding carboxylic acids is 2. The molecule has 0 aliphatic carbocycles. The van der Waals surface area contributed by atoms with Gasteiger partial charge >= 0.3 is 0 Å². The molecule has 25 heavy (non-hydrogen) atoms. The van der Waals surface area contributed by atoms with E-state index in [4.69, 9.17) is 0 Å². The molecule has 2 aromatic carbocycles. The van der Waals surface area contributed by atoms with Crippen molar-refractivity contribution in [2.45, 2.75) is 19.4 Å². The van der Waals surface area contributed by atoms with Gasteiger partial charge < -0.3 is 10.6 Å². The van der Waals surface area contributed by atoms with Gasteiger partial charge in [-0.2, -0.15) is 0 Å². The van der Waals surface area contributed by atoms with Gasteiger partial charge in [-0.1, -0.05) is 42.5 Å². The summed E-state index contributed by atoms with van der Waals surface area (Å²) in [7, 11) is 0. The number of nitrogens with zero attached hydrogens (tertiary/aromatic N) is 1. The number of fused-ring (bicyclic) bond motifs is 1. The molecule has 0 fully saturated rings. The highest BCUT2D eigenvalue weighted by Crippen LogP contribution is 2.23. The number of hydrogen-bond donors (Lipinski definition) is 2. The fourth-order valence-electron chi connectivity index (χ4n) is 2.80. The molecule has 0 saturated carbocycles. The topological polar surface area (TPSA) is 71.1 Å². The van der Waals surface area contributed by atoms with Crippen molar-refractivity contribution in [3.8, 4) is 0 Å². The Hall–Kier alpha value is -3.21. The van der Waals surface area contributed by atoms with Gasteiger partial charge in [-0.15, -0.1) is 0 Å². The van der Waals surface area contributed by atoms with Crippen molar-refractivity contribution >= 4 is 28.3 Å². The molecule has 0 saturated heterocycles. The zero-order valence-corrected chi connectivity index (χ0v) is 13.9. The molecule has 3 aromatic rings. The Balaban J connectivity index is 1.78. The molecule has 0 aliphatic rings. The van der Waals surface area contributed by atoms with Gasteiger partial charge in [-0.3, -0.25) is 14.6 Å². The molecule has 0 aliphatic heterocycles. The summed E-state index contributed by atoms with van der Waals surface area (Å²) in [6.07, 6.45) is 3.61. The summed E-state index contributed by atoms with van der Waals surface area (Å²) in [4.78, 5) is 28.1. The van der Waals surface area contributed by atoms with Crippen molar-refractivity contribution in [3.05, 3.63) is 72.6 Å². The van der Waals surface area contributed by atoms with E-state index >= 15 is 0 Å². The maximum Gasteiger partial charge on any atom is 0.226 e. The van der Waals surface area contributed by atoms with Crippen LogP contribution in [0.4, 0.5) is 5.69 Å². The van der Waals surface area contributed by atoms with E-state index in [1.165, 1.54) is 6.92 Å². The van der Waals surface area contributed by atoms with Crippen molar-refractivity contribution in [1.82, 2.24) is 10.3 Å². The molecule has 5 nitrogen and oxygen atoms in total. The number of pyridine rings is 1. The number of aromatic nitrogens is 1. The maximum absolute atomic E-state index is 12.5. The summed E-state index contributed by atoms with van der Waals surface area (Å²) < 4.78 is 0. The highest BCUT2D eigenvalue weighted by Gasteiger charge is 2.17. The van der Waals surface area contributed by atoms with Crippen molar-refractivity contribution in [3.63, 3.8) is 0 Å². The van der Waals surface area contributed by atoms with Crippen LogP contribution in [0.3, 0.4) is 0 Å². The lowest BCUT2D eigenvalue weighted by molar-refractivity contribution is -0.120. The molecule has 0 bridgehead atoms. The van der Waals surface area contributed by atoms with Gasteiger partial charge in [-0.25, -0.2) is 0 Å². The number of hydrogen-bond acceptors (Lipinski definition) is 3. The molecular formula is C20H19N3O2. The van der Waals surface area contributed by atoms with Crippen LogP contribution >= 0.6 is 0 Å². The van der Waals surface area contributed by atoms with E-state index in [1.807, 2.05) is 54.6 Å². The molecule has 0 unspecified atom stereocenters. The molecule has 5 heteroatoms.